The molecule has 0 aliphatic carbocycles. The van der Waals surface area contributed by atoms with Gasteiger partial charge < -0.3 is 17.2 Å². The summed E-state index contributed by atoms with van der Waals surface area (Å²) in [6.07, 6.45) is 4.09. The molecule has 0 atom stereocenters. The summed E-state index contributed by atoms with van der Waals surface area (Å²) in [6.45, 7) is 2.65. The van der Waals surface area contributed by atoms with Gasteiger partial charge >= 0.3 is 0 Å². The van der Waals surface area contributed by atoms with E-state index in [0.717, 1.165) is 29.0 Å². The van der Waals surface area contributed by atoms with Gasteiger partial charge in [-0.15, -0.1) is 0 Å². The quantitative estimate of drug-likeness (QED) is 0.570. The zero-order valence-corrected chi connectivity index (χ0v) is 11.2. The summed E-state index contributed by atoms with van der Waals surface area (Å²) in [6, 6.07) is 15.5. The number of benzene rings is 2. The molecule has 0 amide bonds. The van der Waals surface area contributed by atoms with E-state index in [2.05, 4.69) is 0 Å². The second-order valence-corrected chi connectivity index (χ2v) is 4.07. The summed E-state index contributed by atoms with van der Waals surface area (Å²) in [5.41, 5.74) is 19.9. The lowest BCUT2D eigenvalue weighted by Crippen LogP contribution is -1.87. The van der Waals surface area contributed by atoms with Crippen LogP contribution in [-0.2, 0) is 0 Å². The molecule has 19 heavy (non-hydrogen) atoms. The Hall–Kier alpha value is -2.26. The summed E-state index contributed by atoms with van der Waals surface area (Å²) in [7, 11) is 0. The number of anilines is 2. The topological polar surface area (TPSA) is 78.1 Å². The van der Waals surface area contributed by atoms with Crippen LogP contribution < -0.4 is 17.2 Å². The van der Waals surface area contributed by atoms with Gasteiger partial charge in [0.2, 0.25) is 0 Å². The maximum atomic E-state index is 5.61. The van der Waals surface area contributed by atoms with E-state index < -0.39 is 0 Å². The van der Waals surface area contributed by atoms with E-state index in [0.29, 0.717) is 0 Å². The molecule has 0 bridgehead atoms. The molecule has 0 fully saturated rings. The van der Waals surface area contributed by atoms with Gasteiger partial charge in [0, 0.05) is 11.4 Å². The van der Waals surface area contributed by atoms with Crippen molar-refractivity contribution in [1.82, 2.24) is 0 Å². The predicted octanol–water partition coefficient (Wildman–Crippen LogP) is 2.99. The maximum Gasteiger partial charge on any atom is 0.0314 e. The summed E-state index contributed by atoms with van der Waals surface area (Å²) < 4.78 is 0. The van der Waals surface area contributed by atoms with Crippen LogP contribution in [0.25, 0.3) is 12.2 Å². The summed E-state index contributed by atoms with van der Waals surface area (Å²) >= 11 is 0. The van der Waals surface area contributed by atoms with Gasteiger partial charge in [-0.1, -0.05) is 43.3 Å². The van der Waals surface area contributed by atoms with E-state index in [1.165, 1.54) is 0 Å². The van der Waals surface area contributed by atoms with Crippen molar-refractivity contribution in [2.45, 2.75) is 6.92 Å². The first-order valence-corrected chi connectivity index (χ1v) is 6.25. The fourth-order valence-corrected chi connectivity index (χ4v) is 1.41. The molecule has 0 heterocycles. The summed E-state index contributed by atoms with van der Waals surface area (Å²) in [4.78, 5) is 0. The van der Waals surface area contributed by atoms with Crippen LogP contribution in [0.4, 0.5) is 11.4 Å². The van der Waals surface area contributed by atoms with E-state index in [1.807, 2.05) is 67.6 Å². The first-order valence-electron chi connectivity index (χ1n) is 6.25. The molecule has 0 aliphatic rings. The van der Waals surface area contributed by atoms with Gasteiger partial charge in [-0.25, -0.2) is 0 Å². The third-order valence-electron chi connectivity index (χ3n) is 2.34. The number of hydrogen-bond acceptors (Lipinski definition) is 3. The van der Waals surface area contributed by atoms with Gasteiger partial charge in [0.15, 0.2) is 0 Å². The molecule has 0 aliphatic heterocycles. The Balaban J connectivity index is 0.000000550. The van der Waals surface area contributed by atoms with Crippen molar-refractivity contribution in [3.63, 3.8) is 0 Å². The van der Waals surface area contributed by atoms with Gasteiger partial charge in [-0.2, -0.15) is 0 Å². The number of nitrogen functional groups attached to an aromatic ring is 2. The molecule has 0 saturated heterocycles. The minimum absolute atomic E-state index is 0.750. The molecular formula is C16H21N3. The average Bonchev–Trinajstić information content (AvgIpc) is 2.41. The maximum absolute atomic E-state index is 5.61. The van der Waals surface area contributed by atoms with Crippen molar-refractivity contribution >= 4 is 23.5 Å². The third-order valence-corrected chi connectivity index (χ3v) is 2.34. The van der Waals surface area contributed by atoms with Crippen LogP contribution in [0.1, 0.15) is 18.1 Å². The molecule has 2 rings (SSSR count). The number of nitrogens with two attached hydrogens (primary N) is 3. The van der Waals surface area contributed by atoms with Gasteiger partial charge in [0.25, 0.3) is 0 Å². The molecule has 3 heteroatoms. The zero-order valence-electron chi connectivity index (χ0n) is 11.2. The first kappa shape index (κ1) is 14.8. The predicted molar refractivity (Wildman–Crippen MR) is 85.4 cm³/mol. The van der Waals surface area contributed by atoms with Crippen molar-refractivity contribution in [3.05, 3.63) is 59.7 Å². The van der Waals surface area contributed by atoms with Crippen LogP contribution in [0.3, 0.4) is 0 Å². The van der Waals surface area contributed by atoms with Crippen LogP contribution >= 0.6 is 0 Å². The second kappa shape index (κ2) is 7.95. The Morgan fingerprint density at radius 2 is 1.00 bits per heavy atom. The number of rotatable bonds is 2. The van der Waals surface area contributed by atoms with Crippen molar-refractivity contribution < 1.29 is 0 Å². The van der Waals surface area contributed by atoms with Crippen LogP contribution in [0.5, 0.6) is 0 Å². The Morgan fingerprint density at radius 1 is 0.737 bits per heavy atom. The Bertz CT molecular complexity index is 451. The molecule has 100 valence electrons. The van der Waals surface area contributed by atoms with Crippen LogP contribution in [0.2, 0.25) is 0 Å². The van der Waals surface area contributed by atoms with E-state index >= 15 is 0 Å². The fraction of sp³-hybridized carbons (Fsp3) is 0.125. The average molecular weight is 255 g/mol. The van der Waals surface area contributed by atoms with Crippen molar-refractivity contribution in [3.8, 4) is 0 Å². The van der Waals surface area contributed by atoms with Crippen LogP contribution in [-0.4, -0.2) is 6.54 Å². The monoisotopic (exact) mass is 255 g/mol. The Morgan fingerprint density at radius 3 is 1.26 bits per heavy atom. The van der Waals surface area contributed by atoms with Crippen molar-refractivity contribution in [1.29, 1.82) is 0 Å². The van der Waals surface area contributed by atoms with E-state index in [-0.39, 0.29) is 0 Å². The minimum atomic E-state index is 0.750. The Kier molecular flexibility index (Phi) is 6.19. The van der Waals surface area contributed by atoms with Gasteiger partial charge in [0.1, 0.15) is 0 Å². The number of hydrogen-bond donors (Lipinski definition) is 3. The molecule has 6 N–H and O–H groups in total. The highest BCUT2D eigenvalue weighted by atomic mass is 14.5. The third kappa shape index (κ3) is 5.75. The first-order chi connectivity index (χ1) is 9.15. The molecule has 0 radical (unpaired) electrons. The summed E-state index contributed by atoms with van der Waals surface area (Å²) in [5.74, 6) is 0. The van der Waals surface area contributed by atoms with E-state index in [4.69, 9.17) is 17.2 Å². The molecule has 2 aromatic carbocycles. The van der Waals surface area contributed by atoms with Crippen LogP contribution in [0.15, 0.2) is 48.5 Å². The fourth-order valence-electron chi connectivity index (χ4n) is 1.41. The van der Waals surface area contributed by atoms with Gasteiger partial charge in [-0.05, 0) is 41.9 Å². The highest BCUT2D eigenvalue weighted by Gasteiger charge is 1.89. The lowest BCUT2D eigenvalue weighted by atomic mass is 10.1. The van der Waals surface area contributed by atoms with Crippen molar-refractivity contribution in [2.24, 2.45) is 5.73 Å². The molecule has 0 saturated carbocycles. The highest BCUT2D eigenvalue weighted by molar-refractivity contribution is 5.70. The summed E-state index contributed by atoms with van der Waals surface area (Å²) in [5, 5.41) is 0. The highest BCUT2D eigenvalue weighted by Crippen LogP contribution is 2.11. The lowest BCUT2D eigenvalue weighted by Gasteiger charge is -1.96. The minimum Gasteiger partial charge on any atom is -0.399 e. The van der Waals surface area contributed by atoms with Crippen LogP contribution in [0, 0.1) is 0 Å². The largest absolute Gasteiger partial charge is 0.399 e. The SMILES string of the molecule is CCN.Nc1ccc(C=Cc2ccc(N)cc2)cc1. The standard InChI is InChI=1S/C14H14N2.C2H7N/c15-13-7-3-11(4-8-13)1-2-12-5-9-14(16)10-6-12;1-2-3/h1-10H,15-16H2;2-3H2,1H3. The smallest absolute Gasteiger partial charge is 0.0314 e. The zero-order chi connectivity index (χ0) is 14.1. The van der Waals surface area contributed by atoms with E-state index in [9.17, 15) is 0 Å². The Labute approximate surface area is 114 Å². The molecule has 0 unspecified atom stereocenters. The normalized spacial score (nSPS) is 10.0. The van der Waals surface area contributed by atoms with Gasteiger partial charge in [-0.3, -0.25) is 0 Å². The molecule has 0 aromatic heterocycles. The van der Waals surface area contributed by atoms with E-state index in [1.54, 1.807) is 0 Å². The second-order valence-electron chi connectivity index (χ2n) is 4.07. The molecular weight excluding hydrogens is 234 g/mol. The lowest BCUT2D eigenvalue weighted by molar-refractivity contribution is 1.14. The molecule has 3 nitrogen and oxygen atoms in total. The van der Waals surface area contributed by atoms with Crippen molar-refractivity contribution in [2.75, 3.05) is 18.0 Å². The molecule has 0 spiro atoms. The molecule has 2 aromatic rings. The van der Waals surface area contributed by atoms with Gasteiger partial charge in [0.05, 0.1) is 0 Å².